The van der Waals surface area contributed by atoms with Crippen molar-refractivity contribution >= 4 is 11.5 Å². The lowest BCUT2D eigenvalue weighted by Crippen LogP contribution is -2.41. The summed E-state index contributed by atoms with van der Waals surface area (Å²) < 4.78 is 5.51. The maximum absolute atomic E-state index is 11.7. The lowest BCUT2D eigenvalue weighted by molar-refractivity contribution is 0.0187. The molecule has 5 heteroatoms. The zero-order chi connectivity index (χ0) is 19.2. The summed E-state index contributed by atoms with van der Waals surface area (Å²) in [7, 11) is 0. The second-order valence-corrected chi connectivity index (χ2v) is 6.89. The molecule has 1 N–H and O–H groups in total. The predicted octanol–water partition coefficient (Wildman–Crippen LogP) is 3.55. The minimum atomic E-state index is -0.00838. The van der Waals surface area contributed by atoms with Gasteiger partial charge in [-0.2, -0.15) is 5.26 Å². The lowest BCUT2D eigenvalue weighted by atomic mass is 10.0. The minimum Gasteiger partial charge on any atom is -0.382 e. The van der Waals surface area contributed by atoms with E-state index in [0.29, 0.717) is 23.4 Å². The summed E-state index contributed by atoms with van der Waals surface area (Å²) in [6.07, 6.45) is 0. The van der Waals surface area contributed by atoms with Crippen molar-refractivity contribution in [2.45, 2.75) is 19.9 Å². The summed E-state index contributed by atoms with van der Waals surface area (Å²) >= 11 is 0. The Hall–Kier alpha value is -2.68. The van der Waals surface area contributed by atoms with Crippen LogP contribution in [0.4, 0.5) is 5.69 Å². The second kappa shape index (κ2) is 8.81. The summed E-state index contributed by atoms with van der Waals surface area (Å²) in [5.74, 6) is -0.00838. The van der Waals surface area contributed by atoms with Crippen molar-refractivity contribution in [3.63, 3.8) is 0 Å². The third-order valence-corrected chi connectivity index (χ3v) is 4.95. The number of nitriles is 1. The van der Waals surface area contributed by atoms with Crippen molar-refractivity contribution in [2.75, 3.05) is 38.2 Å². The van der Waals surface area contributed by atoms with Gasteiger partial charge in [0.1, 0.15) is 6.07 Å². The molecule has 5 nitrogen and oxygen atoms in total. The highest BCUT2D eigenvalue weighted by Gasteiger charge is 2.23. The summed E-state index contributed by atoms with van der Waals surface area (Å²) in [6, 6.07) is 16.1. The highest BCUT2D eigenvalue weighted by molar-refractivity contribution is 5.95. The number of hydrogen-bond acceptors (Lipinski definition) is 5. The Morgan fingerprint density at radius 2 is 2.04 bits per heavy atom. The van der Waals surface area contributed by atoms with E-state index in [4.69, 9.17) is 4.74 Å². The maximum atomic E-state index is 11.7. The molecular weight excluding hydrogens is 338 g/mol. The number of ether oxygens (including phenoxy) is 1. The molecule has 1 unspecified atom stereocenters. The molecule has 1 aliphatic heterocycles. The van der Waals surface area contributed by atoms with E-state index >= 15 is 0 Å². The number of Topliss-reactive ketones (excluding diaryl/α,β-unsaturated/α-hetero) is 1. The molecule has 1 aliphatic rings. The van der Waals surface area contributed by atoms with Gasteiger partial charge in [0.15, 0.2) is 5.78 Å². The van der Waals surface area contributed by atoms with Crippen molar-refractivity contribution in [3.8, 4) is 6.07 Å². The number of hydrogen-bond donors (Lipinski definition) is 1. The molecule has 2 aromatic rings. The third-order valence-electron chi connectivity index (χ3n) is 4.95. The average Bonchev–Trinajstić information content (AvgIpc) is 2.69. The first kappa shape index (κ1) is 19.1. The monoisotopic (exact) mass is 363 g/mol. The molecule has 0 amide bonds. The number of anilines is 1. The van der Waals surface area contributed by atoms with E-state index in [1.165, 1.54) is 18.1 Å². The SMILES string of the molecule is CC(=O)c1ccc(C#N)c(NCC(c2cccc(C)c2)N2CCOCC2)c1. The first-order valence-corrected chi connectivity index (χ1v) is 9.26. The zero-order valence-corrected chi connectivity index (χ0v) is 15.9. The number of nitrogens with zero attached hydrogens (tertiary/aromatic N) is 2. The van der Waals surface area contributed by atoms with E-state index in [1.807, 2.05) is 0 Å². The normalized spacial score (nSPS) is 15.7. The number of rotatable bonds is 6. The van der Waals surface area contributed by atoms with Crippen molar-refractivity contribution in [3.05, 3.63) is 64.7 Å². The van der Waals surface area contributed by atoms with Gasteiger partial charge in [-0.25, -0.2) is 0 Å². The fourth-order valence-electron chi connectivity index (χ4n) is 3.44. The second-order valence-electron chi connectivity index (χ2n) is 6.89. The summed E-state index contributed by atoms with van der Waals surface area (Å²) in [6.45, 7) is 7.49. The molecule has 1 heterocycles. The van der Waals surface area contributed by atoms with Crippen molar-refractivity contribution in [1.29, 1.82) is 5.26 Å². The number of morpholine rings is 1. The van der Waals surface area contributed by atoms with Crippen LogP contribution < -0.4 is 5.32 Å². The number of carbonyl (C=O) groups excluding carboxylic acids is 1. The molecule has 1 saturated heterocycles. The fourth-order valence-corrected chi connectivity index (χ4v) is 3.44. The molecule has 0 radical (unpaired) electrons. The molecule has 1 atom stereocenters. The molecule has 1 fully saturated rings. The van der Waals surface area contributed by atoms with E-state index in [0.717, 1.165) is 26.3 Å². The molecule has 0 saturated carbocycles. The van der Waals surface area contributed by atoms with Crippen LogP contribution >= 0.6 is 0 Å². The number of benzene rings is 2. The molecule has 0 aromatic heterocycles. The first-order chi connectivity index (χ1) is 13.1. The quantitative estimate of drug-likeness (QED) is 0.795. The molecule has 0 bridgehead atoms. The van der Waals surface area contributed by atoms with Gasteiger partial charge in [-0.15, -0.1) is 0 Å². The predicted molar refractivity (Wildman–Crippen MR) is 106 cm³/mol. The maximum Gasteiger partial charge on any atom is 0.159 e. The van der Waals surface area contributed by atoms with Crippen molar-refractivity contribution in [1.82, 2.24) is 4.90 Å². The number of nitrogens with one attached hydrogen (secondary N) is 1. The van der Waals surface area contributed by atoms with Gasteiger partial charge in [0.25, 0.3) is 0 Å². The van der Waals surface area contributed by atoms with E-state index in [1.54, 1.807) is 18.2 Å². The number of carbonyl (C=O) groups is 1. The van der Waals surface area contributed by atoms with Gasteiger partial charge in [-0.1, -0.05) is 29.8 Å². The Balaban J connectivity index is 1.85. The van der Waals surface area contributed by atoms with Crippen molar-refractivity contribution in [2.24, 2.45) is 0 Å². The van der Waals surface area contributed by atoms with Crippen LogP contribution in [-0.4, -0.2) is 43.5 Å². The fraction of sp³-hybridized carbons (Fsp3) is 0.364. The molecular formula is C22H25N3O2. The summed E-state index contributed by atoms with van der Waals surface area (Å²) in [4.78, 5) is 14.1. The molecule has 0 aliphatic carbocycles. The Kier molecular flexibility index (Phi) is 6.23. The Bertz CT molecular complexity index is 851. The Morgan fingerprint density at radius 1 is 1.26 bits per heavy atom. The molecule has 27 heavy (non-hydrogen) atoms. The van der Waals surface area contributed by atoms with Crippen LogP contribution in [0.5, 0.6) is 0 Å². The first-order valence-electron chi connectivity index (χ1n) is 9.26. The summed E-state index contributed by atoms with van der Waals surface area (Å²) in [5, 5.41) is 12.8. The number of ketones is 1. The van der Waals surface area contributed by atoms with Crippen LogP contribution in [0.3, 0.4) is 0 Å². The van der Waals surface area contributed by atoms with E-state index in [9.17, 15) is 10.1 Å². The van der Waals surface area contributed by atoms with Crippen LogP contribution in [0.2, 0.25) is 0 Å². The average molecular weight is 363 g/mol. The van der Waals surface area contributed by atoms with E-state index < -0.39 is 0 Å². The van der Waals surface area contributed by atoms with E-state index in [2.05, 4.69) is 47.5 Å². The van der Waals surface area contributed by atoms with Crippen molar-refractivity contribution < 1.29 is 9.53 Å². The largest absolute Gasteiger partial charge is 0.382 e. The highest BCUT2D eigenvalue weighted by atomic mass is 16.5. The van der Waals surface area contributed by atoms with Gasteiger partial charge in [0, 0.05) is 25.2 Å². The van der Waals surface area contributed by atoms with Gasteiger partial charge >= 0.3 is 0 Å². The molecule has 3 rings (SSSR count). The van der Waals surface area contributed by atoms with Crippen LogP contribution in [0.15, 0.2) is 42.5 Å². The van der Waals surface area contributed by atoms with E-state index in [-0.39, 0.29) is 11.8 Å². The Morgan fingerprint density at radius 3 is 2.70 bits per heavy atom. The highest BCUT2D eigenvalue weighted by Crippen LogP contribution is 2.25. The van der Waals surface area contributed by atoms with Gasteiger partial charge < -0.3 is 10.1 Å². The lowest BCUT2D eigenvalue weighted by Gasteiger charge is -2.35. The molecule has 0 spiro atoms. The molecule has 140 valence electrons. The van der Waals surface area contributed by atoms with Crippen LogP contribution in [0, 0.1) is 18.3 Å². The van der Waals surface area contributed by atoms with Gasteiger partial charge in [-0.05, 0) is 37.6 Å². The van der Waals surface area contributed by atoms with Crippen LogP contribution in [0.1, 0.15) is 40.0 Å². The smallest absolute Gasteiger partial charge is 0.159 e. The minimum absolute atomic E-state index is 0.00838. The Labute approximate surface area is 160 Å². The summed E-state index contributed by atoms with van der Waals surface area (Å²) in [5.41, 5.74) is 4.32. The van der Waals surface area contributed by atoms with Crippen LogP contribution in [-0.2, 0) is 4.74 Å². The van der Waals surface area contributed by atoms with Gasteiger partial charge in [-0.3, -0.25) is 9.69 Å². The number of aryl methyl sites for hydroxylation is 1. The standard InChI is InChI=1S/C22H25N3O2/c1-16-4-3-5-19(12-16)22(25-8-10-27-11-9-25)15-24-21-13-18(17(2)26)6-7-20(21)14-23/h3-7,12-13,22,24H,8-11,15H2,1-2H3. The topological polar surface area (TPSA) is 65.4 Å². The zero-order valence-electron chi connectivity index (χ0n) is 15.9. The van der Waals surface area contributed by atoms with Crippen LogP contribution in [0.25, 0.3) is 0 Å². The van der Waals surface area contributed by atoms with Gasteiger partial charge in [0.05, 0.1) is 30.5 Å². The third kappa shape index (κ3) is 4.73. The van der Waals surface area contributed by atoms with Gasteiger partial charge in [0.2, 0.25) is 0 Å². The molecule has 2 aromatic carbocycles.